The molecule has 3 N–H and O–H groups in total. The normalized spacial score (nSPS) is 18.8. The third kappa shape index (κ3) is 5.75. The summed E-state index contributed by atoms with van der Waals surface area (Å²) >= 11 is 0. The van der Waals surface area contributed by atoms with Crippen LogP contribution in [0, 0.1) is 0 Å². The lowest BCUT2D eigenvalue weighted by molar-refractivity contribution is -0.123. The molecule has 0 aromatic heterocycles. The van der Waals surface area contributed by atoms with E-state index in [-0.39, 0.29) is 30.8 Å². The summed E-state index contributed by atoms with van der Waals surface area (Å²) in [5, 5.41) is 5.82. The van der Waals surface area contributed by atoms with Gasteiger partial charge in [0.25, 0.3) is 0 Å². The van der Waals surface area contributed by atoms with Gasteiger partial charge in [-0.05, 0) is 24.9 Å². The molecule has 6 nitrogen and oxygen atoms in total. The van der Waals surface area contributed by atoms with E-state index in [1.54, 1.807) is 0 Å². The van der Waals surface area contributed by atoms with Gasteiger partial charge >= 0.3 is 0 Å². The highest BCUT2D eigenvalue weighted by Crippen LogP contribution is 2.06. The van der Waals surface area contributed by atoms with E-state index in [0.29, 0.717) is 0 Å². The highest BCUT2D eigenvalue weighted by molar-refractivity contribution is 7.89. The van der Waals surface area contributed by atoms with Crippen LogP contribution >= 0.6 is 0 Å². The molecule has 7 heteroatoms. The third-order valence-electron chi connectivity index (χ3n) is 3.64. The van der Waals surface area contributed by atoms with Crippen molar-refractivity contribution in [2.75, 3.05) is 18.8 Å². The van der Waals surface area contributed by atoms with E-state index in [1.807, 2.05) is 30.3 Å². The van der Waals surface area contributed by atoms with Gasteiger partial charge in [-0.1, -0.05) is 36.8 Å². The highest BCUT2D eigenvalue weighted by atomic mass is 32.2. The van der Waals surface area contributed by atoms with Crippen LogP contribution in [0.3, 0.4) is 0 Å². The Morgan fingerprint density at radius 1 is 1.23 bits per heavy atom. The zero-order valence-electron chi connectivity index (χ0n) is 12.5. The molecule has 1 saturated heterocycles. The van der Waals surface area contributed by atoms with Crippen molar-refractivity contribution < 1.29 is 13.2 Å². The number of nitrogens with one attached hydrogen (secondary N) is 3. The van der Waals surface area contributed by atoms with Gasteiger partial charge in [0.15, 0.2) is 0 Å². The molecule has 0 bridgehead atoms. The van der Waals surface area contributed by atoms with Crippen LogP contribution in [-0.4, -0.2) is 39.2 Å². The standard InChI is InChI=1S/C15H23N3O3S/c19-15(14-8-4-5-9-16-14)17-10-11-22(20,21)18-12-13-6-2-1-3-7-13/h1-3,6-7,14,16,18H,4-5,8-12H2,(H,17,19). The molecule has 1 amide bonds. The van der Waals surface area contributed by atoms with Gasteiger partial charge in [0, 0.05) is 13.1 Å². The second-order valence-electron chi connectivity index (χ2n) is 5.42. The van der Waals surface area contributed by atoms with Gasteiger partial charge in [-0.3, -0.25) is 4.79 Å². The Kier molecular flexibility index (Phi) is 6.35. The molecule has 0 radical (unpaired) electrons. The Bertz CT molecular complexity index is 569. The van der Waals surface area contributed by atoms with Crippen molar-refractivity contribution in [3.8, 4) is 0 Å². The number of piperidine rings is 1. The van der Waals surface area contributed by atoms with E-state index in [1.165, 1.54) is 0 Å². The Morgan fingerprint density at radius 3 is 2.68 bits per heavy atom. The molecule has 1 heterocycles. The second-order valence-corrected chi connectivity index (χ2v) is 7.35. The lowest BCUT2D eigenvalue weighted by Crippen LogP contribution is -2.47. The summed E-state index contributed by atoms with van der Waals surface area (Å²) in [6, 6.07) is 9.14. The zero-order valence-corrected chi connectivity index (χ0v) is 13.4. The summed E-state index contributed by atoms with van der Waals surface area (Å²) in [7, 11) is -3.39. The lowest BCUT2D eigenvalue weighted by Gasteiger charge is -2.22. The average molecular weight is 325 g/mol. The number of benzene rings is 1. The predicted molar refractivity (Wildman–Crippen MR) is 85.7 cm³/mol. The Hall–Kier alpha value is -1.44. The fourth-order valence-electron chi connectivity index (χ4n) is 2.37. The van der Waals surface area contributed by atoms with Gasteiger partial charge in [-0.25, -0.2) is 13.1 Å². The minimum Gasteiger partial charge on any atom is -0.354 e. The summed E-state index contributed by atoms with van der Waals surface area (Å²) in [5.41, 5.74) is 0.904. The first-order valence-corrected chi connectivity index (χ1v) is 9.24. The minimum absolute atomic E-state index is 0.113. The monoisotopic (exact) mass is 325 g/mol. The van der Waals surface area contributed by atoms with Crippen molar-refractivity contribution in [3.63, 3.8) is 0 Å². The molecule has 1 aliphatic heterocycles. The van der Waals surface area contributed by atoms with Crippen LogP contribution in [-0.2, 0) is 21.4 Å². The van der Waals surface area contributed by atoms with Crippen molar-refractivity contribution in [1.29, 1.82) is 0 Å². The van der Waals surface area contributed by atoms with Crippen molar-refractivity contribution in [2.45, 2.75) is 31.8 Å². The Labute approximate surface area is 131 Å². The van der Waals surface area contributed by atoms with Gasteiger partial charge < -0.3 is 10.6 Å². The Balaban J connectivity index is 1.69. The van der Waals surface area contributed by atoms with E-state index < -0.39 is 10.0 Å². The molecule has 122 valence electrons. The molecule has 0 spiro atoms. The van der Waals surface area contributed by atoms with Crippen LogP contribution in [0.4, 0.5) is 0 Å². The summed E-state index contributed by atoms with van der Waals surface area (Å²) in [6.07, 6.45) is 2.93. The topological polar surface area (TPSA) is 87.3 Å². The molecule has 1 aliphatic rings. The molecule has 0 aliphatic carbocycles. The van der Waals surface area contributed by atoms with Crippen LogP contribution in [0.15, 0.2) is 30.3 Å². The molecule has 2 rings (SSSR count). The van der Waals surface area contributed by atoms with Crippen molar-refractivity contribution >= 4 is 15.9 Å². The van der Waals surface area contributed by atoms with E-state index in [4.69, 9.17) is 0 Å². The van der Waals surface area contributed by atoms with Gasteiger partial charge in [-0.15, -0.1) is 0 Å². The summed E-state index contributed by atoms with van der Waals surface area (Å²) in [6.45, 7) is 1.23. The van der Waals surface area contributed by atoms with Crippen molar-refractivity contribution in [1.82, 2.24) is 15.4 Å². The number of hydrogen-bond acceptors (Lipinski definition) is 4. The molecule has 22 heavy (non-hydrogen) atoms. The fraction of sp³-hybridized carbons (Fsp3) is 0.533. The zero-order chi connectivity index (χ0) is 15.8. The van der Waals surface area contributed by atoms with Crippen LogP contribution in [0.25, 0.3) is 0 Å². The predicted octanol–water partition coefficient (Wildman–Crippen LogP) is 0.364. The summed E-state index contributed by atoms with van der Waals surface area (Å²) < 4.78 is 26.3. The van der Waals surface area contributed by atoms with Crippen molar-refractivity contribution in [2.24, 2.45) is 0 Å². The maximum Gasteiger partial charge on any atom is 0.237 e. The maximum atomic E-state index is 11.9. The minimum atomic E-state index is -3.39. The molecule has 1 fully saturated rings. The number of hydrogen-bond donors (Lipinski definition) is 3. The van der Waals surface area contributed by atoms with Gasteiger partial charge in [0.1, 0.15) is 0 Å². The second kappa shape index (κ2) is 8.26. The van der Waals surface area contributed by atoms with E-state index in [0.717, 1.165) is 31.4 Å². The molecule has 1 aromatic rings. The molecule has 1 unspecified atom stereocenters. The first kappa shape index (κ1) is 16.9. The largest absolute Gasteiger partial charge is 0.354 e. The van der Waals surface area contributed by atoms with Crippen LogP contribution in [0.1, 0.15) is 24.8 Å². The fourth-order valence-corrected chi connectivity index (χ4v) is 3.27. The van der Waals surface area contributed by atoms with Crippen LogP contribution in [0.5, 0.6) is 0 Å². The molecule has 1 aromatic carbocycles. The van der Waals surface area contributed by atoms with Gasteiger partial charge in [-0.2, -0.15) is 0 Å². The molecule has 1 atom stereocenters. The number of rotatable bonds is 7. The SMILES string of the molecule is O=C(NCCS(=O)(=O)NCc1ccccc1)C1CCCCN1. The van der Waals surface area contributed by atoms with Crippen LogP contribution in [0.2, 0.25) is 0 Å². The molecule has 0 saturated carbocycles. The molecular weight excluding hydrogens is 302 g/mol. The van der Waals surface area contributed by atoms with Gasteiger partial charge in [0.2, 0.25) is 15.9 Å². The van der Waals surface area contributed by atoms with Crippen LogP contribution < -0.4 is 15.4 Å². The molecular formula is C15H23N3O3S. The Morgan fingerprint density at radius 2 is 2.00 bits per heavy atom. The van der Waals surface area contributed by atoms with E-state index in [9.17, 15) is 13.2 Å². The quantitative estimate of drug-likeness (QED) is 0.676. The number of carbonyl (C=O) groups is 1. The van der Waals surface area contributed by atoms with E-state index >= 15 is 0 Å². The lowest BCUT2D eigenvalue weighted by atomic mass is 10.0. The smallest absolute Gasteiger partial charge is 0.237 e. The first-order chi connectivity index (χ1) is 10.6. The maximum absolute atomic E-state index is 11.9. The number of amides is 1. The highest BCUT2D eigenvalue weighted by Gasteiger charge is 2.20. The third-order valence-corrected chi connectivity index (χ3v) is 4.96. The van der Waals surface area contributed by atoms with E-state index in [2.05, 4.69) is 15.4 Å². The first-order valence-electron chi connectivity index (χ1n) is 7.59. The summed E-state index contributed by atoms with van der Waals surface area (Å²) in [4.78, 5) is 11.9. The number of sulfonamides is 1. The van der Waals surface area contributed by atoms with Gasteiger partial charge in [0.05, 0.1) is 11.8 Å². The summed E-state index contributed by atoms with van der Waals surface area (Å²) in [5.74, 6) is -0.226. The van der Waals surface area contributed by atoms with Crippen molar-refractivity contribution in [3.05, 3.63) is 35.9 Å². The average Bonchev–Trinajstić information content (AvgIpc) is 2.55. The number of carbonyl (C=O) groups excluding carboxylic acids is 1.